The molecule has 0 bridgehead atoms. The van der Waals surface area contributed by atoms with Gasteiger partial charge in [-0.2, -0.15) is 0 Å². The van der Waals surface area contributed by atoms with E-state index in [-0.39, 0.29) is 64.3 Å². The lowest BCUT2D eigenvalue weighted by atomic mass is 9.43. The Morgan fingerprint density at radius 3 is 1.57 bits per heavy atom. The second-order valence-electron chi connectivity index (χ2n) is 25.8. The predicted molar refractivity (Wildman–Crippen MR) is 240 cm³/mol. The number of aromatic nitrogens is 2. The van der Waals surface area contributed by atoms with Crippen molar-refractivity contribution < 1.29 is 29.2 Å². The van der Waals surface area contributed by atoms with Crippen LogP contribution in [0.15, 0.2) is 23.3 Å². The fourth-order valence-corrected chi connectivity index (χ4v) is 19.5. The zero-order valence-corrected chi connectivity index (χ0v) is 39.8. The van der Waals surface area contributed by atoms with E-state index >= 15 is 0 Å². The van der Waals surface area contributed by atoms with Crippen LogP contribution in [0.25, 0.3) is 0 Å². The highest BCUT2D eigenvalue weighted by atomic mass is 16.7. The molecule has 1 aromatic heterocycles. The first-order valence-corrected chi connectivity index (χ1v) is 26.3. The van der Waals surface area contributed by atoms with Crippen LogP contribution in [0.3, 0.4) is 0 Å². The van der Waals surface area contributed by atoms with E-state index in [9.17, 15) is 10.2 Å². The Labute approximate surface area is 377 Å². The number of aliphatic hydroxyl groups is 2. The van der Waals surface area contributed by atoms with Crippen LogP contribution in [0.2, 0.25) is 0 Å². The molecular formula is C55H78N2O6. The molecule has 12 aliphatic rings. The average Bonchev–Trinajstić information content (AvgIpc) is 3.91. The van der Waals surface area contributed by atoms with Gasteiger partial charge in [0.15, 0.2) is 11.6 Å². The summed E-state index contributed by atoms with van der Waals surface area (Å²) in [6, 6.07) is 0. The Hall–Kier alpha value is -1.68. The second kappa shape index (κ2) is 13.5. The minimum Gasteiger partial charge on any atom is -0.396 e. The van der Waals surface area contributed by atoms with Crippen LogP contribution < -0.4 is 0 Å². The number of ether oxygens (including phenoxy) is 4. The average molecular weight is 863 g/mol. The van der Waals surface area contributed by atoms with E-state index in [1.165, 1.54) is 54.0 Å². The van der Waals surface area contributed by atoms with Gasteiger partial charge >= 0.3 is 0 Å². The molecule has 63 heavy (non-hydrogen) atoms. The molecule has 1 unspecified atom stereocenters. The summed E-state index contributed by atoms with van der Waals surface area (Å²) < 4.78 is 27.2. The number of fused-ring (bicyclic) bond motifs is 16. The van der Waals surface area contributed by atoms with E-state index in [2.05, 4.69) is 67.5 Å². The largest absolute Gasteiger partial charge is 0.396 e. The van der Waals surface area contributed by atoms with Crippen LogP contribution in [0.5, 0.6) is 0 Å². The van der Waals surface area contributed by atoms with Gasteiger partial charge in [0.1, 0.15) is 0 Å². The molecule has 8 aliphatic carbocycles. The number of hydrogen-bond donors (Lipinski definition) is 2. The van der Waals surface area contributed by atoms with Crippen LogP contribution >= 0.6 is 0 Å². The van der Waals surface area contributed by atoms with Gasteiger partial charge in [-0.05, 0) is 147 Å². The quantitative estimate of drug-likeness (QED) is 0.270. The lowest BCUT2D eigenvalue weighted by Gasteiger charge is -2.61. The third-order valence-corrected chi connectivity index (χ3v) is 23.3. The molecule has 2 spiro atoms. The first-order chi connectivity index (χ1) is 30.1. The fourth-order valence-electron chi connectivity index (χ4n) is 19.5. The maximum absolute atomic E-state index is 12.5. The van der Waals surface area contributed by atoms with E-state index in [4.69, 9.17) is 28.9 Å². The molecule has 0 radical (unpaired) electrons. The lowest BCUT2D eigenvalue weighted by molar-refractivity contribution is -0.265. The monoisotopic (exact) mass is 863 g/mol. The topological polar surface area (TPSA) is 103 Å². The smallest absolute Gasteiger partial charge is 0.172 e. The highest BCUT2D eigenvalue weighted by Crippen LogP contribution is 2.72. The minimum absolute atomic E-state index is 0.0328. The molecule has 8 heteroatoms. The summed E-state index contributed by atoms with van der Waals surface area (Å²) in [4.78, 5) is 11.4. The van der Waals surface area contributed by atoms with Crippen molar-refractivity contribution in [1.29, 1.82) is 0 Å². The summed E-state index contributed by atoms with van der Waals surface area (Å²) in [5.41, 5.74) is 8.07. The molecule has 13 rings (SSSR count). The van der Waals surface area contributed by atoms with E-state index in [0.29, 0.717) is 59.2 Å². The number of aliphatic hydroxyl groups excluding tert-OH is 2. The Balaban J connectivity index is 0.767. The summed E-state index contributed by atoms with van der Waals surface area (Å²) in [6.45, 7) is 21.2. The summed E-state index contributed by atoms with van der Waals surface area (Å²) in [6.07, 6.45) is 19.9. The molecule has 344 valence electrons. The lowest BCUT2D eigenvalue weighted by Crippen LogP contribution is -2.58. The van der Waals surface area contributed by atoms with Crippen LogP contribution in [0, 0.1) is 98.6 Å². The second-order valence-corrected chi connectivity index (χ2v) is 25.8. The van der Waals surface area contributed by atoms with Crippen molar-refractivity contribution in [2.24, 2.45) is 98.6 Å². The van der Waals surface area contributed by atoms with Crippen molar-refractivity contribution in [2.45, 2.75) is 175 Å². The third-order valence-electron chi connectivity index (χ3n) is 23.3. The Kier molecular flexibility index (Phi) is 8.90. The predicted octanol–water partition coefficient (Wildman–Crippen LogP) is 9.23. The van der Waals surface area contributed by atoms with Crippen molar-refractivity contribution in [3.63, 3.8) is 0 Å². The zero-order chi connectivity index (χ0) is 43.4. The summed E-state index contributed by atoms with van der Waals surface area (Å²) >= 11 is 0. The Morgan fingerprint density at radius 2 is 1.10 bits per heavy atom. The Morgan fingerprint density at radius 1 is 0.619 bits per heavy atom. The molecule has 1 aromatic rings. The molecule has 8 nitrogen and oxygen atoms in total. The van der Waals surface area contributed by atoms with E-state index in [0.717, 1.165) is 77.4 Å². The summed E-state index contributed by atoms with van der Waals surface area (Å²) in [5, 5.41) is 23.8. The van der Waals surface area contributed by atoms with Gasteiger partial charge in [0, 0.05) is 48.5 Å². The van der Waals surface area contributed by atoms with Gasteiger partial charge in [0.2, 0.25) is 0 Å². The van der Waals surface area contributed by atoms with E-state index in [1.54, 1.807) is 5.57 Å². The number of rotatable bonds is 1. The maximum Gasteiger partial charge on any atom is 0.172 e. The molecule has 0 aromatic carbocycles. The number of allylic oxidation sites excluding steroid dienone is 1. The molecule has 2 N–H and O–H groups in total. The van der Waals surface area contributed by atoms with Gasteiger partial charge in [0.05, 0.1) is 54.3 Å². The maximum atomic E-state index is 12.5. The van der Waals surface area contributed by atoms with Crippen molar-refractivity contribution in [3.8, 4) is 0 Å². The molecule has 4 saturated carbocycles. The SMILES string of the molecule is C[C@H]1CC[C@@]2(OC1)O[C@H]1C=C3[C@@H]4CC[C@H]5Cc6nc7c(nc6C[C@]5(C)[C@H]4C[C@@H](O)[C@]3(C)[C@H]1[C@@H]2C)C[C@@H]1CC[C@H]2C3=C[C@@H]4O[C@]5(CC[C@H](C)CO5)[C@@H](C)[C@@H]4[C@@]3(C)C(CO)C[C@@H]2[C@@]1(C)C7. The molecular weight excluding hydrogens is 785 g/mol. The highest BCUT2D eigenvalue weighted by molar-refractivity contribution is 5.40. The molecule has 4 saturated heterocycles. The van der Waals surface area contributed by atoms with Crippen molar-refractivity contribution in [2.75, 3.05) is 19.8 Å². The normalized spacial score (nSPS) is 57.0. The van der Waals surface area contributed by atoms with Crippen LogP contribution in [-0.2, 0) is 44.6 Å². The summed E-state index contributed by atoms with van der Waals surface area (Å²) in [5.74, 6) is 4.73. The van der Waals surface area contributed by atoms with Crippen LogP contribution in [-0.4, -0.2) is 69.9 Å². The zero-order valence-electron chi connectivity index (χ0n) is 39.8. The van der Waals surface area contributed by atoms with Crippen LogP contribution in [0.4, 0.5) is 0 Å². The third kappa shape index (κ3) is 5.22. The van der Waals surface area contributed by atoms with Gasteiger partial charge in [-0.25, -0.2) is 0 Å². The number of hydrogen-bond acceptors (Lipinski definition) is 8. The van der Waals surface area contributed by atoms with E-state index < -0.39 is 11.6 Å². The van der Waals surface area contributed by atoms with E-state index in [1.807, 2.05) is 0 Å². The molecule has 4 aliphatic heterocycles. The van der Waals surface area contributed by atoms with Gasteiger partial charge in [-0.15, -0.1) is 0 Å². The molecule has 8 fully saturated rings. The van der Waals surface area contributed by atoms with Gasteiger partial charge in [0.25, 0.3) is 0 Å². The first-order valence-electron chi connectivity index (χ1n) is 26.3. The first kappa shape index (κ1) is 41.5. The van der Waals surface area contributed by atoms with Crippen molar-refractivity contribution >= 4 is 0 Å². The van der Waals surface area contributed by atoms with Gasteiger partial charge in [-0.1, -0.05) is 78.7 Å². The van der Waals surface area contributed by atoms with Gasteiger partial charge in [-0.3, -0.25) is 9.97 Å². The molecule has 22 atom stereocenters. The molecule has 5 heterocycles. The fraction of sp³-hybridized carbons (Fsp3) is 0.855. The number of nitrogens with zero attached hydrogens (tertiary/aromatic N) is 2. The standard InChI is InChI=1S/C55H78N2O6/c1-28-13-15-54(60-26-28)30(3)48-45(62-54)20-39-35-11-9-32-18-41-43(23-50(32,5)37(35)17-34(25-58)52(39,48)7)56-42-19-33-10-12-36-38(51(33,6)24-44(42)57-41)22-47(59)53(8)40(36)21-46-49(53)31(4)55(63-46)16-14-29(2)27-61-55/h20-21,28-38,45-49,58-59H,9-19,22-27H2,1-8H3/t28-,29-,30-,31-,32-,33-,34?,35+,36+,37-,38-,45-,46-,47+,48-,49-,50-,51-,52-,53+,54+,55+/m0/s1. The van der Waals surface area contributed by atoms with Crippen LogP contribution in [0.1, 0.15) is 142 Å². The van der Waals surface area contributed by atoms with Gasteiger partial charge < -0.3 is 29.2 Å². The highest BCUT2D eigenvalue weighted by Gasteiger charge is 2.71. The molecule has 0 amide bonds. The van der Waals surface area contributed by atoms with Crippen molar-refractivity contribution in [3.05, 3.63) is 46.1 Å². The van der Waals surface area contributed by atoms with Crippen molar-refractivity contribution in [1.82, 2.24) is 9.97 Å². The summed E-state index contributed by atoms with van der Waals surface area (Å²) in [7, 11) is 0. The minimum atomic E-state index is -0.497. The Bertz CT molecular complexity index is 2140.